The molecule has 0 unspecified atom stereocenters. The number of aromatic nitrogens is 1. The van der Waals surface area contributed by atoms with E-state index in [1.54, 1.807) is 25.1 Å². The van der Waals surface area contributed by atoms with Crippen LogP contribution in [0.1, 0.15) is 29.5 Å². The molecule has 0 atom stereocenters. The predicted octanol–water partition coefficient (Wildman–Crippen LogP) is 1.48. The van der Waals surface area contributed by atoms with Gasteiger partial charge in [-0.2, -0.15) is 0 Å². The van der Waals surface area contributed by atoms with Crippen molar-refractivity contribution in [3.63, 3.8) is 0 Å². The Hall–Kier alpha value is -1.70. The van der Waals surface area contributed by atoms with Gasteiger partial charge in [-0.25, -0.2) is 13.1 Å². The van der Waals surface area contributed by atoms with Crippen molar-refractivity contribution >= 4 is 10.0 Å². The highest BCUT2D eigenvalue weighted by atomic mass is 32.2. The first-order valence-corrected chi connectivity index (χ1v) is 8.18. The van der Waals surface area contributed by atoms with Crippen LogP contribution >= 0.6 is 0 Å². The Morgan fingerprint density at radius 3 is 2.67 bits per heavy atom. The van der Waals surface area contributed by atoms with Crippen LogP contribution in [0.4, 0.5) is 0 Å². The van der Waals surface area contributed by atoms with Crippen molar-refractivity contribution in [1.29, 1.82) is 0 Å². The van der Waals surface area contributed by atoms with Gasteiger partial charge in [0, 0.05) is 12.6 Å². The van der Waals surface area contributed by atoms with Crippen molar-refractivity contribution < 1.29 is 12.9 Å². The SMILES string of the molecule is CCc1ccc(CN)cc1S(=O)(=O)NCc1cc(C)no1. The normalized spacial score (nSPS) is 11.8. The smallest absolute Gasteiger partial charge is 0.241 e. The number of nitrogens with zero attached hydrogens (tertiary/aromatic N) is 1. The molecule has 0 saturated carbocycles. The third-order valence-corrected chi connectivity index (χ3v) is 4.63. The average molecular weight is 309 g/mol. The van der Waals surface area contributed by atoms with Crippen LogP contribution in [0.25, 0.3) is 0 Å². The molecule has 21 heavy (non-hydrogen) atoms. The van der Waals surface area contributed by atoms with Gasteiger partial charge in [-0.3, -0.25) is 0 Å². The van der Waals surface area contributed by atoms with Crippen molar-refractivity contribution in [2.75, 3.05) is 0 Å². The molecule has 0 amide bonds. The van der Waals surface area contributed by atoms with Gasteiger partial charge in [0.25, 0.3) is 0 Å². The van der Waals surface area contributed by atoms with Crippen molar-refractivity contribution in [1.82, 2.24) is 9.88 Å². The summed E-state index contributed by atoms with van der Waals surface area (Å²) in [6.07, 6.45) is 0.627. The van der Waals surface area contributed by atoms with Crippen LogP contribution in [0.5, 0.6) is 0 Å². The second-order valence-corrected chi connectivity index (χ2v) is 6.49. The zero-order valence-electron chi connectivity index (χ0n) is 12.1. The van der Waals surface area contributed by atoms with Crippen molar-refractivity contribution in [3.05, 3.63) is 46.8 Å². The lowest BCUT2D eigenvalue weighted by Crippen LogP contribution is -2.24. The minimum Gasteiger partial charge on any atom is -0.360 e. The maximum Gasteiger partial charge on any atom is 0.241 e. The highest BCUT2D eigenvalue weighted by Gasteiger charge is 2.19. The third kappa shape index (κ3) is 3.69. The molecule has 0 aliphatic heterocycles. The van der Waals surface area contributed by atoms with E-state index in [2.05, 4.69) is 9.88 Å². The number of nitrogens with two attached hydrogens (primary N) is 1. The Bertz CT molecular complexity index is 723. The first kappa shape index (κ1) is 15.7. The third-order valence-electron chi connectivity index (χ3n) is 3.15. The van der Waals surface area contributed by atoms with Crippen molar-refractivity contribution in [2.24, 2.45) is 5.73 Å². The standard InChI is InChI=1S/C14H19N3O3S/c1-3-12-5-4-11(8-15)7-14(12)21(18,19)16-9-13-6-10(2)17-20-13/h4-7,16H,3,8-9,15H2,1-2H3. The Kier molecular flexibility index (Phi) is 4.76. The number of hydrogen-bond acceptors (Lipinski definition) is 5. The molecule has 0 aliphatic carbocycles. The Morgan fingerprint density at radius 2 is 2.10 bits per heavy atom. The highest BCUT2D eigenvalue weighted by molar-refractivity contribution is 7.89. The predicted molar refractivity (Wildman–Crippen MR) is 79.0 cm³/mol. The van der Waals surface area contributed by atoms with Gasteiger partial charge in [0.05, 0.1) is 17.1 Å². The monoisotopic (exact) mass is 309 g/mol. The van der Waals surface area contributed by atoms with Gasteiger partial charge in [-0.15, -0.1) is 0 Å². The number of sulfonamides is 1. The molecule has 0 radical (unpaired) electrons. The molecule has 0 saturated heterocycles. The Balaban J connectivity index is 2.26. The summed E-state index contributed by atoms with van der Waals surface area (Å²) < 4.78 is 32.4. The zero-order chi connectivity index (χ0) is 15.5. The molecule has 2 rings (SSSR count). The molecule has 114 valence electrons. The zero-order valence-corrected chi connectivity index (χ0v) is 12.9. The summed E-state index contributed by atoms with van der Waals surface area (Å²) >= 11 is 0. The fraction of sp³-hybridized carbons (Fsp3) is 0.357. The molecule has 1 aromatic heterocycles. The maximum absolute atomic E-state index is 12.4. The first-order chi connectivity index (χ1) is 9.96. The second kappa shape index (κ2) is 6.38. The van der Waals surface area contributed by atoms with Gasteiger partial charge >= 0.3 is 0 Å². The second-order valence-electron chi connectivity index (χ2n) is 4.76. The van der Waals surface area contributed by atoms with Gasteiger partial charge in [0.2, 0.25) is 10.0 Å². The van der Waals surface area contributed by atoms with E-state index in [1.165, 1.54) is 0 Å². The summed E-state index contributed by atoms with van der Waals surface area (Å²) in [6.45, 7) is 4.06. The summed E-state index contributed by atoms with van der Waals surface area (Å²) in [7, 11) is -3.62. The van der Waals surface area contributed by atoms with Crippen molar-refractivity contribution in [2.45, 2.75) is 38.3 Å². The Labute approximate surface area is 124 Å². The molecule has 0 bridgehead atoms. The van der Waals surface area contributed by atoms with Crippen LogP contribution in [-0.4, -0.2) is 13.6 Å². The van der Waals surface area contributed by atoms with Crippen molar-refractivity contribution in [3.8, 4) is 0 Å². The van der Waals surface area contributed by atoms with E-state index in [0.29, 0.717) is 24.4 Å². The molecule has 1 heterocycles. The Morgan fingerprint density at radius 1 is 1.33 bits per heavy atom. The lowest BCUT2D eigenvalue weighted by atomic mass is 10.1. The molecule has 1 aromatic carbocycles. The molecule has 3 N–H and O–H groups in total. The summed E-state index contributed by atoms with van der Waals surface area (Å²) in [6, 6.07) is 6.96. The minimum atomic E-state index is -3.62. The van der Waals surface area contributed by atoms with E-state index >= 15 is 0 Å². The van der Waals surface area contributed by atoms with Gasteiger partial charge in [-0.1, -0.05) is 24.2 Å². The van der Waals surface area contributed by atoms with E-state index < -0.39 is 10.0 Å². The van der Waals surface area contributed by atoms with Gasteiger partial charge in [0.1, 0.15) is 0 Å². The molecule has 0 spiro atoms. The number of benzene rings is 1. The quantitative estimate of drug-likeness (QED) is 0.842. The average Bonchev–Trinajstić information content (AvgIpc) is 2.90. The molecular formula is C14H19N3O3S. The minimum absolute atomic E-state index is 0.0686. The summed E-state index contributed by atoms with van der Waals surface area (Å²) in [4.78, 5) is 0.268. The van der Waals surface area contributed by atoms with E-state index in [-0.39, 0.29) is 11.4 Å². The van der Waals surface area contributed by atoms with E-state index in [1.807, 2.05) is 13.0 Å². The maximum atomic E-state index is 12.4. The van der Waals surface area contributed by atoms with E-state index in [0.717, 1.165) is 11.1 Å². The summed E-state index contributed by atoms with van der Waals surface area (Å²) in [5.74, 6) is 0.476. The summed E-state index contributed by atoms with van der Waals surface area (Å²) in [5, 5.41) is 3.72. The molecular weight excluding hydrogens is 290 g/mol. The topological polar surface area (TPSA) is 98.2 Å². The number of nitrogens with one attached hydrogen (secondary N) is 1. The van der Waals surface area contributed by atoms with Crippen LogP contribution < -0.4 is 10.5 Å². The van der Waals surface area contributed by atoms with Crippen LogP contribution in [0.2, 0.25) is 0 Å². The lowest BCUT2D eigenvalue weighted by Gasteiger charge is -2.11. The van der Waals surface area contributed by atoms with Gasteiger partial charge in [0.15, 0.2) is 5.76 Å². The lowest BCUT2D eigenvalue weighted by molar-refractivity contribution is 0.377. The fourth-order valence-electron chi connectivity index (χ4n) is 2.01. The largest absolute Gasteiger partial charge is 0.360 e. The number of hydrogen-bond donors (Lipinski definition) is 2. The van der Waals surface area contributed by atoms with E-state index in [9.17, 15) is 8.42 Å². The number of rotatable bonds is 6. The van der Waals surface area contributed by atoms with Crippen LogP contribution in [0.3, 0.4) is 0 Å². The van der Waals surface area contributed by atoms with Crippen LogP contribution in [0.15, 0.2) is 33.7 Å². The van der Waals surface area contributed by atoms with Crippen LogP contribution in [-0.2, 0) is 29.5 Å². The first-order valence-electron chi connectivity index (χ1n) is 6.70. The number of aryl methyl sites for hydroxylation is 2. The van der Waals surface area contributed by atoms with Crippen LogP contribution in [0, 0.1) is 6.92 Å². The molecule has 2 aromatic rings. The van der Waals surface area contributed by atoms with Gasteiger partial charge in [-0.05, 0) is 30.5 Å². The molecule has 0 fully saturated rings. The molecule has 7 heteroatoms. The fourth-order valence-corrected chi connectivity index (χ4v) is 3.36. The molecule has 0 aliphatic rings. The molecule has 6 nitrogen and oxygen atoms in total. The van der Waals surface area contributed by atoms with E-state index in [4.69, 9.17) is 10.3 Å². The summed E-state index contributed by atoms with van der Waals surface area (Å²) in [5.41, 5.74) is 7.83. The highest BCUT2D eigenvalue weighted by Crippen LogP contribution is 2.19. The van der Waals surface area contributed by atoms with Gasteiger partial charge < -0.3 is 10.3 Å².